The van der Waals surface area contributed by atoms with E-state index in [0.29, 0.717) is 31.1 Å². The molecular formula is C25H25BrO4. The maximum Gasteiger partial charge on any atom is 0.310 e. The SMILES string of the molecule is CCc1c(OCc2ccccc2)cc(OCc2ccccc2)c(Br)c1CC(=O)OC. The van der Waals surface area contributed by atoms with Gasteiger partial charge >= 0.3 is 5.97 Å². The number of methoxy groups -OCH3 is 1. The molecule has 5 heteroatoms. The van der Waals surface area contributed by atoms with Crippen LogP contribution < -0.4 is 9.47 Å². The van der Waals surface area contributed by atoms with Gasteiger partial charge in [-0.25, -0.2) is 0 Å². The average Bonchev–Trinajstić information content (AvgIpc) is 2.79. The zero-order chi connectivity index (χ0) is 21.3. The Hall–Kier alpha value is -2.79. The Kier molecular flexibility index (Phi) is 7.91. The first-order valence-electron chi connectivity index (χ1n) is 9.86. The van der Waals surface area contributed by atoms with E-state index in [9.17, 15) is 4.79 Å². The number of esters is 1. The number of carbonyl (C=O) groups is 1. The summed E-state index contributed by atoms with van der Waals surface area (Å²) in [5, 5.41) is 0. The smallest absolute Gasteiger partial charge is 0.310 e. The summed E-state index contributed by atoms with van der Waals surface area (Å²) < 4.78 is 17.9. The molecule has 0 aromatic heterocycles. The summed E-state index contributed by atoms with van der Waals surface area (Å²) in [7, 11) is 1.39. The van der Waals surface area contributed by atoms with Gasteiger partial charge in [-0.3, -0.25) is 4.79 Å². The lowest BCUT2D eigenvalue weighted by atomic mass is 10.0. The molecule has 0 atom stereocenters. The number of carbonyl (C=O) groups excluding carboxylic acids is 1. The van der Waals surface area contributed by atoms with Crippen molar-refractivity contribution in [3.8, 4) is 11.5 Å². The predicted octanol–water partition coefficient (Wildman–Crippen LogP) is 5.89. The van der Waals surface area contributed by atoms with Crippen LogP contribution in [0.3, 0.4) is 0 Å². The van der Waals surface area contributed by atoms with Crippen molar-refractivity contribution in [1.82, 2.24) is 0 Å². The van der Waals surface area contributed by atoms with Crippen LogP contribution in [0.4, 0.5) is 0 Å². The number of hydrogen-bond donors (Lipinski definition) is 0. The molecule has 0 N–H and O–H groups in total. The largest absolute Gasteiger partial charge is 0.488 e. The first-order valence-corrected chi connectivity index (χ1v) is 10.7. The molecule has 0 aliphatic carbocycles. The molecule has 4 nitrogen and oxygen atoms in total. The molecule has 0 spiro atoms. The summed E-state index contributed by atoms with van der Waals surface area (Å²) >= 11 is 3.65. The fourth-order valence-electron chi connectivity index (χ4n) is 3.19. The number of ether oxygens (including phenoxy) is 3. The Bertz CT molecular complexity index is 971. The highest BCUT2D eigenvalue weighted by Gasteiger charge is 2.20. The van der Waals surface area contributed by atoms with Crippen LogP contribution in [0.2, 0.25) is 0 Å². The topological polar surface area (TPSA) is 44.8 Å². The van der Waals surface area contributed by atoms with Crippen molar-refractivity contribution in [2.45, 2.75) is 33.0 Å². The molecule has 3 rings (SSSR count). The third-order valence-corrected chi connectivity index (χ3v) is 5.65. The van der Waals surface area contributed by atoms with Gasteiger partial charge in [0.1, 0.15) is 24.7 Å². The van der Waals surface area contributed by atoms with Gasteiger partial charge < -0.3 is 14.2 Å². The van der Waals surface area contributed by atoms with Gasteiger partial charge in [0.25, 0.3) is 0 Å². The lowest BCUT2D eigenvalue weighted by Gasteiger charge is -2.19. The van der Waals surface area contributed by atoms with Gasteiger partial charge in [-0.1, -0.05) is 67.6 Å². The Labute approximate surface area is 185 Å². The predicted molar refractivity (Wildman–Crippen MR) is 121 cm³/mol. The van der Waals surface area contributed by atoms with E-state index < -0.39 is 0 Å². The van der Waals surface area contributed by atoms with Crippen LogP contribution in [0.5, 0.6) is 11.5 Å². The average molecular weight is 469 g/mol. The quantitative estimate of drug-likeness (QED) is 0.367. The van der Waals surface area contributed by atoms with Crippen LogP contribution in [0.1, 0.15) is 29.2 Å². The summed E-state index contributed by atoms with van der Waals surface area (Å²) in [6.07, 6.45) is 0.860. The minimum absolute atomic E-state index is 0.143. The minimum atomic E-state index is -0.306. The van der Waals surface area contributed by atoms with Crippen LogP contribution in [-0.4, -0.2) is 13.1 Å². The van der Waals surface area contributed by atoms with Crippen molar-refractivity contribution in [1.29, 1.82) is 0 Å². The van der Waals surface area contributed by atoms with Crippen molar-refractivity contribution in [3.05, 3.63) is 93.5 Å². The molecule has 0 bridgehead atoms. The minimum Gasteiger partial charge on any atom is -0.488 e. The molecule has 0 unspecified atom stereocenters. The van der Waals surface area contributed by atoms with E-state index in [1.165, 1.54) is 7.11 Å². The maximum atomic E-state index is 12.1. The van der Waals surface area contributed by atoms with E-state index in [1.54, 1.807) is 0 Å². The van der Waals surface area contributed by atoms with Crippen molar-refractivity contribution < 1.29 is 19.0 Å². The van der Waals surface area contributed by atoms with Gasteiger partial charge in [-0.05, 0) is 44.6 Å². The van der Waals surface area contributed by atoms with Crippen molar-refractivity contribution >= 4 is 21.9 Å². The summed E-state index contributed by atoms with van der Waals surface area (Å²) in [6, 6.07) is 21.8. The summed E-state index contributed by atoms with van der Waals surface area (Å²) in [6.45, 7) is 2.90. The van der Waals surface area contributed by atoms with Gasteiger partial charge in [0.2, 0.25) is 0 Å². The molecule has 0 saturated heterocycles. The first-order chi connectivity index (χ1) is 14.6. The zero-order valence-corrected chi connectivity index (χ0v) is 18.8. The molecule has 0 fully saturated rings. The fourth-order valence-corrected chi connectivity index (χ4v) is 3.80. The second-order valence-corrected chi connectivity index (χ2v) is 7.59. The molecule has 30 heavy (non-hydrogen) atoms. The highest BCUT2D eigenvalue weighted by atomic mass is 79.9. The van der Waals surface area contributed by atoms with E-state index in [2.05, 4.69) is 15.9 Å². The number of rotatable bonds is 9. The highest BCUT2D eigenvalue weighted by Crippen LogP contribution is 2.39. The van der Waals surface area contributed by atoms with Gasteiger partial charge in [0.05, 0.1) is 18.0 Å². The molecule has 0 saturated carbocycles. The van der Waals surface area contributed by atoms with E-state index in [0.717, 1.165) is 26.7 Å². The van der Waals surface area contributed by atoms with Crippen LogP contribution in [0.25, 0.3) is 0 Å². The number of hydrogen-bond acceptors (Lipinski definition) is 4. The number of benzene rings is 3. The molecule has 0 heterocycles. The van der Waals surface area contributed by atoms with Gasteiger partial charge in [-0.15, -0.1) is 0 Å². The number of halogens is 1. The van der Waals surface area contributed by atoms with Gasteiger partial charge in [-0.2, -0.15) is 0 Å². The van der Waals surface area contributed by atoms with Gasteiger partial charge in [0.15, 0.2) is 0 Å². The molecule has 0 radical (unpaired) electrons. The Balaban J connectivity index is 1.93. The summed E-state index contributed by atoms with van der Waals surface area (Å²) in [5.41, 5.74) is 3.93. The van der Waals surface area contributed by atoms with Crippen LogP contribution in [0, 0.1) is 0 Å². The molecule has 156 valence electrons. The second kappa shape index (κ2) is 10.8. The van der Waals surface area contributed by atoms with Crippen molar-refractivity contribution in [3.63, 3.8) is 0 Å². The van der Waals surface area contributed by atoms with E-state index in [1.807, 2.05) is 73.7 Å². The normalized spacial score (nSPS) is 10.5. The van der Waals surface area contributed by atoms with E-state index in [4.69, 9.17) is 14.2 Å². The molecule has 3 aromatic carbocycles. The Morgan fingerprint density at radius 2 is 1.37 bits per heavy atom. The molecule has 0 aliphatic rings. The van der Waals surface area contributed by atoms with Crippen LogP contribution in [0.15, 0.2) is 71.2 Å². The lowest BCUT2D eigenvalue weighted by molar-refractivity contribution is -0.139. The molecule has 0 aliphatic heterocycles. The maximum absolute atomic E-state index is 12.1. The van der Waals surface area contributed by atoms with E-state index >= 15 is 0 Å². The summed E-state index contributed by atoms with van der Waals surface area (Å²) in [5.74, 6) is 1.05. The van der Waals surface area contributed by atoms with Crippen LogP contribution >= 0.6 is 15.9 Å². The van der Waals surface area contributed by atoms with Crippen LogP contribution in [-0.2, 0) is 35.6 Å². The highest BCUT2D eigenvalue weighted by molar-refractivity contribution is 9.10. The Morgan fingerprint density at radius 1 is 0.833 bits per heavy atom. The monoisotopic (exact) mass is 468 g/mol. The van der Waals surface area contributed by atoms with E-state index in [-0.39, 0.29) is 12.4 Å². The summed E-state index contributed by atoms with van der Waals surface area (Å²) in [4.78, 5) is 12.1. The fraction of sp³-hybridized carbons (Fsp3) is 0.240. The third kappa shape index (κ3) is 5.63. The first kappa shape index (κ1) is 21.9. The Morgan fingerprint density at radius 3 is 1.87 bits per heavy atom. The molecular weight excluding hydrogens is 444 g/mol. The second-order valence-electron chi connectivity index (χ2n) is 6.80. The lowest BCUT2D eigenvalue weighted by Crippen LogP contribution is -2.10. The molecule has 0 amide bonds. The van der Waals surface area contributed by atoms with Gasteiger partial charge in [0, 0.05) is 6.07 Å². The third-order valence-electron chi connectivity index (χ3n) is 4.78. The molecule has 3 aromatic rings. The van der Waals surface area contributed by atoms with Crippen molar-refractivity contribution in [2.75, 3.05) is 7.11 Å². The zero-order valence-electron chi connectivity index (χ0n) is 17.2. The standard InChI is InChI=1S/C25H25BrO4/c1-3-20-21(14-24(27)28-2)25(26)23(30-17-19-12-8-5-9-13-19)15-22(20)29-16-18-10-6-4-7-11-18/h4-13,15H,3,14,16-17H2,1-2H3. The van der Waals surface area contributed by atoms with Crippen molar-refractivity contribution in [2.24, 2.45) is 0 Å².